The number of esters is 1. The van der Waals surface area contributed by atoms with Gasteiger partial charge in [-0.1, -0.05) is 6.07 Å². The lowest BCUT2D eigenvalue weighted by Crippen LogP contribution is -2.20. The Kier molecular flexibility index (Phi) is 5.91. The highest BCUT2D eigenvalue weighted by Crippen LogP contribution is 2.19. The summed E-state index contributed by atoms with van der Waals surface area (Å²) in [4.78, 5) is 12.5. The van der Waals surface area contributed by atoms with Crippen molar-refractivity contribution >= 4 is 23.4 Å². The summed E-state index contributed by atoms with van der Waals surface area (Å²) in [6, 6.07) is 8.22. The minimum Gasteiger partial charge on any atom is -0.466 e. The second-order valence-corrected chi connectivity index (χ2v) is 4.67. The van der Waals surface area contributed by atoms with Crippen molar-refractivity contribution in [3.05, 3.63) is 24.3 Å². The molecule has 0 radical (unpaired) electrons. The first-order chi connectivity index (χ1) is 8.15. The topological polar surface area (TPSA) is 38.3 Å². The highest BCUT2D eigenvalue weighted by Gasteiger charge is 2.09. The van der Waals surface area contributed by atoms with Crippen molar-refractivity contribution < 1.29 is 9.53 Å². The Morgan fingerprint density at radius 2 is 2.29 bits per heavy atom. The van der Waals surface area contributed by atoms with Crippen molar-refractivity contribution in [3.63, 3.8) is 0 Å². The first kappa shape index (κ1) is 13.9. The van der Waals surface area contributed by atoms with Gasteiger partial charge in [0, 0.05) is 16.6 Å². The molecule has 0 heterocycles. The molecule has 0 fully saturated rings. The quantitative estimate of drug-likeness (QED) is 0.624. The van der Waals surface area contributed by atoms with Crippen LogP contribution in [0.1, 0.15) is 20.3 Å². The summed E-state index contributed by atoms with van der Waals surface area (Å²) in [6.07, 6.45) is 2.43. The smallest absolute Gasteiger partial charge is 0.307 e. The monoisotopic (exact) mass is 253 g/mol. The van der Waals surface area contributed by atoms with Crippen LogP contribution >= 0.6 is 11.8 Å². The molecule has 0 aliphatic rings. The van der Waals surface area contributed by atoms with Gasteiger partial charge in [0.25, 0.3) is 0 Å². The number of thioether (sulfide) groups is 1. The van der Waals surface area contributed by atoms with E-state index in [1.165, 1.54) is 4.90 Å². The van der Waals surface area contributed by atoms with Crippen LogP contribution in [0.15, 0.2) is 29.2 Å². The average molecular weight is 253 g/mol. The van der Waals surface area contributed by atoms with Crippen molar-refractivity contribution in [2.24, 2.45) is 0 Å². The normalized spacial score (nSPS) is 11.9. The molecule has 94 valence electrons. The van der Waals surface area contributed by atoms with Gasteiger partial charge in [0.1, 0.15) is 0 Å². The third-order valence-electron chi connectivity index (χ3n) is 2.26. The lowest BCUT2D eigenvalue weighted by atomic mass is 10.2. The van der Waals surface area contributed by atoms with Gasteiger partial charge in [0.15, 0.2) is 0 Å². The lowest BCUT2D eigenvalue weighted by Gasteiger charge is -2.14. The van der Waals surface area contributed by atoms with E-state index in [1.54, 1.807) is 11.8 Å². The summed E-state index contributed by atoms with van der Waals surface area (Å²) in [7, 11) is 0. The van der Waals surface area contributed by atoms with Crippen molar-refractivity contribution in [3.8, 4) is 0 Å². The summed E-state index contributed by atoms with van der Waals surface area (Å²) >= 11 is 1.70. The number of rotatable bonds is 6. The molecule has 0 aromatic heterocycles. The van der Waals surface area contributed by atoms with Crippen LogP contribution in [-0.2, 0) is 9.53 Å². The third-order valence-corrected chi connectivity index (χ3v) is 2.99. The zero-order valence-corrected chi connectivity index (χ0v) is 11.3. The first-order valence-corrected chi connectivity index (χ1v) is 6.94. The van der Waals surface area contributed by atoms with Crippen LogP contribution in [0.5, 0.6) is 0 Å². The zero-order chi connectivity index (χ0) is 12.7. The van der Waals surface area contributed by atoms with Crippen LogP contribution in [0, 0.1) is 0 Å². The minimum absolute atomic E-state index is 0.0751. The van der Waals surface area contributed by atoms with Crippen LogP contribution in [-0.4, -0.2) is 24.9 Å². The van der Waals surface area contributed by atoms with Gasteiger partial charge < -0.3 is 10.1 Å². The molecule has 0 saturated heterocycles. The summed E-state index contributed by atoms with van der Waals surface area (Å²) in [5.41, 5.74) is 1.04. The molecule has 0 aliphatic carbocycles. The highest BCUT2D eigenvalue weighted by atomic mass is 32.2. The van der Waals surface area contributed by atoms with Crippen LogP contribution in [0.4, 0.5) is 5.69 Å². The second-order valence-electron chi connectivity index (χ2n) is 3.79. The Balaban J connectivity index is 2.49. The predicted molar refractivity (Wildman–Crippen MR) is 72.6 cm³/mol. The fourth-order valence-corrected chi connectivity index (χ4v) is 1.98. The number of carbonyl (C=O) groups excluding carboxylic acids is 1. The number of hydrogen-bond acceptors (Lipinski definition) is 4. The number of anilines is 1. The zero-order valence-electron chi connectivity index (χ0n) is 10.5. The van der Waals surface area contributed by atoms with Crippen molar-refractivity contribution in [2.45, 2.75) is 31.2 Å². The van der Waals surface area contributed by atoms with E-state index in [2.05, 4.69) is 17.4 Å². The number of benzene rings is 1. The van der Waals surface area contributed by atoms with Crippen molar-refractivity contribution in [2.75, 3.05) is 18.2 Å². The maximum atomic E-state index is 11.3. The molecular formula is C13H19NO2S. The van der Waals surface area contributed by atoms with Crippen molar-refractivity contribution in [1.82, 2.24) is 0 Å². The van der Waals surface area contributed by atoms with E-state index in [9.17, 15) is 4.79 Å². The van der Waals surface area contributed by atoms with Gasteiger partial charge in [0.2, 0.25) is 0 Å². The maximum absolute atomic E-state index is 11.3. The molecule has 0 spiro atoms. The lowest BCUT2D eigenvalue weighted by molar-refractivity contribution is -0.143. The summed E-state index contributed by atoms with van der Waals surface area (Å²) in [6.45, 7) is 4.23. The Hall–Kier alpha value is -1.16. The standard InChI is InChI=1S/C13H19NO2S/c1-4-16-13(15)8-10(2)14-11-6-5-7-12(9-11)17-3/h5-7,9-10,14H,4,8H2,1-3H3. The minimum atomic E-state index is -0.159. The molecular weight excluding hydrogens is 234 g/mol. The summed E-state index contributed by atoms with van der Waals surface area (Å²) in [5.74, 6) is -0.159. The molecule has 1 atom stereocenters. The van der Waals surface area contributed by atoms with Crippen LogP contribution in [0.25, 0.3) is 0 Å². The summed E-state index contributed by atoms with van der Waals surface area (Å²) < 4.78 is 4.91. The van der Waals surface area contributed by atoms with Gasteiger partial charge in [-0.2, -0.15) is 0 Å². The second kappa shape index (κ2) is 7.22. The van der Waals surface area contributed by atoms with Gasteiger partial charge in [0.05, 0.1) is 13.0 Å². The predicted octanol–water partition coefficient (Wildman–Crippen LogP) is 3.16. The average Bonchev–Trinajstić information content (AvgIpc) is 2.29. The van der Waals surface area contributed by atoms with E-state index in [1.807, 2.05) is 32.2 Å². The fourth-order valence-electron chi connectivity index (χ4n) is 1.52. The fraction of sp³-hybridized carbons (Fsp3) is 0.462. The molecule has 1 rings (SSSR count). The van der Waals surface area contributed by atoms with Gasteiger partial charge in [-0.3, -0.25) is 4.79 Å². The molecule has 1 aromatic carbocycles. The molecule has 0 bridgehead atoms. The summed E-state index contributed by atoms with van der Waals surface area (Å²) in [5, 5.41) is 3.29. The molecule has 1 N–H and O–H groups in total. The van der Waals surface area contributed by atoms with E-state index < -0.39 is 0 Å². The van der Waals surface area contributed by atoms with Crippen LogP contribution in [0.3, 0.4) is 0 Å². The SMILES string of the molecule is CCOC(=O)CC(C)Nc1cccc(SC)c1. The Labute approximate surface area is 107 Å². The van der Waals surface area contributed by atoms with Gasteiger partial charge >= 0.3 is 5.97 Å². The number of ether oxygens (including phenoxy) is 1. The maximum Gasteiger partial charge on any atom is 0.307 e. The van der Waals surface area contributed by atoms with Gasteiger partial charge in [-0.05, 0) is 38.3 Å². The number of hydrogen-bond donors (Lipinski definition) is 1. The Bertz CT molecular complexity index is 368. The third kappa shape index (κ3) is 5.13. The van der Waals surface area contributed by atoms with E-state index in [-0.39, 0.29) is 12.0 Å². The largest absolute Gasteiger partial charge is 0.466 e. The van der Waals surface area contributed by atoms with E-state index >= 15 is 0 Å². The molecule has 0 saturated carbocycles. The van der Waals surface area contributed by atoms with Crippen LogP contribution < -0.4 is 5.32 Å². The molecule has 4 heteroatoms. The van der Waals surface area contributed by atoms with Crippen molar-refractivity contribution in [1.29, 1.82) is 0 Å². The number of nitrogens with one attached hydrogen (secondary N) is 1. The van der Waals surface area contributed by atoms with Gasteiger partial charge in [-0.15, -0.1) is 11.8 Å². The number of carbonyl (C=O) groups is 1. The molecule has 0 amide bonds. The van der Waals surface area contributed by atoms with E-state index in [0.29, 0.717) is 13.0 Å². The first-order valence-electron chi connectivity index (χ1n) is 5.72. The molecule has 1 unspecified atom stereocenters. The van der Waals surface area contributed by atoms with Gasteiger partial charge in [-0.25, -0.2) is 0 Å². The van der Waals surface area contributed by atoms with E-state index in [4.69, 9.17) is 4.74 Å². The Morgan fingerprint density at radius 1 is 1.53 bits per heavy atom. The molecule has 17 heavy (non-hydrogen) atoms. The molecule has 1 aromatic rings. The molecule has 3 nitrogen and oxygen atoms in total. The molecule has 0 aliphatic heterocycles. The van der Waals surface area contributed by atoms with E-state index in [0.717, 1.165) is 5.69 Å². The Morgan fingerprint density at radius 3 is 2.94 bits per heavy atom. The van der Waals surface area contributed by atoms with Crippen LogP contribution in [0.2, 0.25) is 0 Å². The highest BCUT2D eigenvalue weighted by molar-refractivity contribution is 7.98.